The molecule has 2 heterocycles. The van der Waals surface area contributed by atoms with E-state index in [1.54, 1.807) is 41.7 Å². The number of aromatic nitrogens is 1. The van der Waals surface area contributed by atoms with Gasteiger partial charge in [-0.05, 0) is 79.1 Å². The summed E-state index contributed by atoms with van der Waals surface area (Å²) in [6, 6.07) is 20.4. The van der Waals surface area contributed by atoms with Crippen LogP contribution < -0.4 is 26.0 Å². The molecule has 4 amide bonds. The fourth-order valence-corrected chi connectivity index (χ4v) is 10.5. The minimum atomic E-state index is -0.945. The molecule has 67 heavy (non-hydrogen) atoms. The van der Waals surface area contributed by atoms with Gasteiger partial charge in [-0.2, -0.15) is 5.26 Å². The number of nitriles is 1. The summed E-state index contributed by atoms with van der Waals surface area (Å²) in [4.78, 5) is 60.6. The fourth-order valence-electron chi connectivity index (χ4n) is 9.44. The first kappa shape index (κ1) is 50.9. The van der Waals surface area contributed by atoms with Gasteiger partial charge in [0, 0.05) is 66.9 Å². The number of carbonyl (C=O) groups is 4. The first-order valence-electron chi connectivity index (χ1n) is 22.8. The first-order chi connectivity index (χ1) is 31.7. The zero-order valence-corrected chi connectivity index (χ0v) is 41.3. The van der Waals surface area contributed by atoms with Crippen molar-refractivity contribution >= 4 is 52.3 Å². The number of rotatable bonds is 19. The Morgan fingerprint density at radius 2 is 1.70 bits per heavy atom. The number of aliphatic hydroxyl groups excluding tert-OH is 1. The number of amides is 4. The van der Waals surface area contributed by atoms with Crippen molar-refractivity contribution in [2.24, 2.45) is 16.2 Å². The van der Waals surface area contributed by atoms with Gasteiger partial charge in [-0.1, -0.05) is 84.3 Å². The van der Waals surface area contributed by atoms with Crippen LogP contribution in [0.5, 0.6) is 5.75 Å². The van der Waals surface area contributed by atoms with Crippen molar-refractivity contribution in [3.05, 3.63) is 99.6 Å². The molecule has 0 spiro atoms. The van der Waals surface area contributed by atoms with E-state index in [9.17, 15) is 29.5 Å². The van der Waals surface area contributed by atoms with Crippen LogP contribution >= 0.6 is 22.9 Å². The zero-order valence-electron chi connectivity index (χ0n) is 39.7. The average Bonchev–Trinajstić information content (AvgIpc) is 3.91. The fraction of sp³-hybridized carbons (Fsp3) is 0.490. The number of unbranched alkanes of at least 4 members (excludes halogenated alkanes) is 2. The van der Waals surface area contributed by atoms with Crippen molar-refractivity contribution < 1.29 is 33.8 Å². The third-order valence-corrected chi connectivity index (χ3v) is 14.1. The van der Waals surface area contributed by atoms with Gasteiger partial charge in [0.15, 0.2) is 0 Å². The Bertz CT molecular complexity index is 2410. The van der Waals surface area contributed by atoms with Crippen LogP contribution in [-0.4, -0.2) is 95.3 Å². The molecule has 3 atom stereocenters. The molecule has 14 nitrogen and oxygen atoms in total. The SMILES string of the molecule is Cc1ncsc1-c1ccc(CNC(=O)[C@@H]2C[C@@H](O)CN2C(=O)C(NC(=O)COCCCCCNc2ccc(C(=O)NC3C(C)(C)C(Oc4ccc(C#N)c(Cl)c4)C3(C)C)cc2)C(C)(C)C)cc1. The third kappa shape index (κ3) is 12.3. The Hall–Kier alpha value is -5.53. The molecular formula is C51H64ClN7O7S. The molecule has 1 saturated carbocycles. The third-order valence-electron chi connectivity index (χ3n) is 12.8. The van der Waals surface area contributed by atoms with Crippen LogP contribution in [0.3, 0.4) is 0 Å². The summed E-state index contributed by atoms with van der Waals surface area (Å²) in [5, 5.41) is 32.5. The number of anilines is 1. The van der Waals surface area contributed by atoms with Crippen molar-refractivity contribution in [1.82, 2.24) is 25.8 Å². The highest BCUT2D eigenvalue weighted by atomic mass is 35.5. The van der Waals surface area contributed by atoms with Crippen LogP contribution in [0.1, 0.15) is 101 Å². The molecule has 0 radical (unpaired) electrons. The van der Waals surface area contributed by atoms with Crippen LogP contribution in [0.2, 0.25) is 5.02 Å². The van der Waals surface area contributed by atoms with Gasteiger partial charge in [0.1, 0.15) is 36.6 Å². The Balaban J connectivity index is 0.878. The number of β-amino-alcohol motifs (C(OH)–C–C–N with tert-alkyl or cyclic N) is 1. The molecule has 2 aliphatic rings. The highest BCUT2D eigenvalue weighted by Crippen LogP contribution is 2.55. The molecule has 2 fully saturated rings. The molecule has 3 aromatic carbocycles. The van der Waals surface area contributed by atoms with Crippen molar-refractivity contribution in [3.63, 3.8) is 0 Å². The van der Waals surface area contributed by atoms with E-state index in [0.29, 0.717) is 35.1 Å². The van der Waals surface area contributed by atoms with Crippen LogP contribution in [-0.2, 0) is 25.7 Å². The molecule has 4 aromatic rings. The van der Waals surface area contributed by atoms with E-state index in [1.165, 1.54) is 4.90 Å². The molecule has 16 heteroatoms. The summed E-state index contributed by atoms with van der Waals surface area (Å²) in [5.74, 6) is -0.814. The molecule has 1 saturated heterocycles. The lowest BCUT2D eigenvalue weighted by atomic mass is 9.49. The number of aliphatic hydroxyl groups is 1. The van der Waals surface area contributed by atoms with E-state index in [-0.39, 0.29) is 60.9 Å². The van der Waals surface area contributed by atoms with E-state index >= 15 is 0 Å². The lowest BCUT2D eigenvalue weighted by Gasteiger charge is -2.63. The summed E-state index contributed by atoms with van der Waals surface area (Å²) >= 11 is 7.81. The number of benzene rings is 3. The highest BCUT2D eigenvalue weighted by Gasteiger charge is 2.64. The minimum absolute atomic E-state index is 0.00791. The summed E-state index contributed by atoms with van der Waals surface area (Å²) in [5.41, 5.74) is 5.12. The Morgan fingerprint density at radius 1 is 1.00 bits per heavy atom. The van der Waals surface area contributed by atoms with Crippen molar-refractivity contribution in [3.8, 4) is 22.3 Å². The maximum atomic E-state index is 14.0. The van der Waals surface area contributed by atoms with Gasteiger partial charge in [0.25, 0.3) is 5.91 Å². The van der Waals surface area contributed by atoms with Crippen LogP contribution in [0.25, 0.3) is 10.4 Å². The summed E-state index contributed by atoms with van der Waals surface area (Å²) in [7, 11) is 0. The zero-order chi connectivity index (χ0) is 48.7. The van der Waals surface area contributed by atoms with Crippen molar-refractivity contribution in [1.29, 1.82) is 5.26 Å². The summed E-state index contributed by atoms with van der Waals surface area (Å²) in [6.45, 7) is 16.9. The number of hydrogen-bond donors (Lipinski definition) is 5. The van der Waals surface area contributed by atoms with Gasteiger partial charge < -0.3 is 40.7 Å². The van der Waals surface area contributed by atoms with Crippen LogP contribution in [0.15, 0.2) is 72.2 Å². The molecule has 1 aliphatic carbocycles. The number of halogens is 1. The number of carbonyl (C=O) groups excluding carboxylic acids is 4. The standard InChI is InChI=1S/C51H64ClN7O7S/c1-31-42(67-30-56-31)33-14-12-32(13-15-33)27-55-45(63)40-24-37(60)28-59(40)46(64)43(49(2,3)4)57-41(61)29-65-23-11-9-10-22-54-36-19-16-34(17-20-36)44(62)58-47-50(5,6)48(51(47,7)8)66-38-21-18-35(26-53)39(52)25-38/h12-21,25,30,37,40,43,47-48,54,60H,9-11,22-24,27-29H2,1-8H3,(H,55,63)(H,57,61)(H,58,62)/t37-,40+,43?,47?,48?/m1/s1. The number of aryl methyl sites for hydroxylation is 1. The van der Waals surface area contributed by atoms with E-state index in [2.05, 4.69) is 60.0 Å². The lowest BCUT2D eigenvalue weighted by molar-refractivity contribution is -0.164. The van der Waals surface area contributed by atoms with Gasteiger partial charge in [-0.25, -0.2) is 4.98 Å². The predicted octanol–water partition coefficient (Wildman–Crippen LogP) is 7.66. The second-order valence-corrected chi connectivity index (χ2v) is 21.1. The van der Waals surface area contributed by atoms with Crippen LogP contribution in [0.4, 0.5) is 5.69 Å². The van der Waals surface area contributed by atoms with Crippen molar-refractivity contribution in [2.75, 3.05) is 31.6 Å². The Labute approximate surface area is 403 Å². The van der Waals surface area contributed by atoms with E-state index < -0.39 is 35.4 Å². The highest BCUT2D eigenvalue weighted by molar-refractivity contribution is 7.13. The lowest BCUT2D eigenvalue weighted by Crippen LogP contribution is -2.74. The van der Waals surface area contributed by atoms with Gasteiger partial charge in [0.05, 0.1) is 32.8 Å². The molecule has 1 aromatic heterocycles. The Morgan fingerprint density at radius 3 is 2.33 bits per heavy atom. The second kappa shape index (κ2) is 21.6. The monoisotopic (exact) mass is 953 g/mol. The molecule has 1 aliphatic heterocycles. The molecule has 0 bridgehead atoms. The second-order valence-electron chi connectivity index (χ2n) is 19.9. The molecule has 6 rings (SSSR count). The Kier molecular flexibility index (Phi) is 16.4. The number of hydrogen-bond acceptors (Lipinski definition) is 11. The van der Waals surface area contributed by atoms with Crippen molar-refractivity contribution in [2.45, 2.75) is 118 Å². The van der Waals surface area contributed by atoms with Gasteiger partial charge in [-0.15, -0.1) is 11.3 Å². The van der Waals surface area contributed by atoms with E-state index in [1.807, 2.05) is 69.6 Å². The smallest absolute Gasteiger partial charge is 0.251 e. The topological polar surface area (TPSA) is 195 Å². The van der Waals surface area contributed by atoms with Gasteiger partial charge in [0.2, 0.25) is 17.7 Å². The average molecular weight is 955 g/mol. The number of nitrogens with one attached hydrogen (secondary N) is 4. The first-order valence-corrected chi connectivity index (χ1v) is 24.1. The maximum absolute atomic E-state index is 14.0. The maximum Gasteiger partial charge on any atom is 0.251 e. The minimum Gasteiger partial charge on any atom is -0.489 e. The largest absolute Gasteiger partial charge is 0.489 e. The normalized spacial score (nSPS) is 19.9. The van der Waals surface area contributed by atoms with E-state index in [4.69, 9.17) is 21.1 Å². The number of likely N-dealkylation sites (tertiary alicyclic amines) is 1. The van der Waals surface area contributed by atoms with Crippen LogP contribution in [0, 0.1) is 34.5 Å². The molecule has 358 valence electrons. The quantitative estimate of drug-likeness (QED) is 0.0583. The number of thiazole rings is 1. The molecule has 1 unspecified atom stereocenters. The number of nitrogens with zero attached hydrogens (tertiary/aromatic N) is 3. The van der Waals surface area contributed by atoms with E-state index in [0.717, 1.165) is 46.6 Å². The summed E-state index contributed by atoms with van der Waals surface area (Å²) < 4.78 is 12.0. The molecular weight excluding hydrogens is 890 g/mol. The summed E-state index contributed by atoms with van der Waals surface area (Å²) in [6.07, 6.45) is 1.48. The van der Waals surface area contributed by atoms with Gasteiger partial charge in [-0.3, -0.25) is 19.2 Å². The molecule has 5 N–H and O–H groups in total. The predicted molar refractivity (Wildman–Crippen MR) is 261 cm³/mol. The van der Waals surface area contributed by atoms with Gasteiger partial charge >= 0.3 is 0 Å². The number of ether oxygens (including phenoxy) is 2.